The minimum Gasteiger partial charge on any atom is -0.480 e. The van der Waals surface area contributed by atoms with Gasteiger partial charge < -0.3 is 5.11 Å². The predicted octanol–water partition coefficient (Wildman–Crippen LogP) is 2.42. The summed E-state index contributed by atoms with van der Waals surface area (Å²) in [4.78, 5) is 16.1. The van der Waals surface area contributed by atoms with Gasteiger partial charge in [-0.2, -0.15) is 4.31 Å². The van der Waals surface area contributed by atoms with Crippen molar-refractivity contribution in [2.24, 2.45) is 5.41 Å². The molecule has 1 fully saturated rings. The minimum atomic E-state index is -3.97. The number of aliphatic carboxylic acids is 1. The number of fused-ring (bicyclic) bond motifs is 1. The molecule has 1 saturated heterocycles. The lowest BCUT2D eigenvalue weighted by Crippen LogP contribution is -2.46. The maximum atomic E-state index is 13.3. The number of carboxylic acid groups (broad SMARTS) is 1. The monoisotopic (exact) mass is 348 g/mol. The molecule has 0 aliphatic carbocycles. The van der Waals surface area contributed by atoms with E-state index < -0.39 is 27.4 Å². The number of pyridine rings is 1. The molecule has 1 aromatic heterocycles. The zero-order chi connectivity index (χ0) is 17.7. The van der Waals surface area contributed by atoms with Crippen LogP contribution in [0.1, 0.15) is 25.8 Å². The summed E-state index contributed by atoms with van der Waals surface area (Å²) in [5, 5.41) is 10.3. The highest BCUT2D eigenvalue weighted by Crippen LogP contribution is 2.40. The number of rotatable bonds is 3. The standard InChI is InChI=1S/C17H20N2O4S/c1-11-6-7-12-5-4-9-18-13(12)14(11)24(22,23)19-10-8-17(2,3)15(19)16(20)21/h4-7,9,15H,8,10H2,1-3H3,(H,20,21). The van der Waals surface area contributed by atoms with E-state index in [0.717, 1.165) is 4.31 Å². The zero-order valence-electron chi connectivity index (χ0n) is 13.9. The fraction of sp³-hybridized carbons (Fsp3) is 0.412. The molecule has 0 saturated carbocycles. The van der Waals surface area contributed by atoms with Crippen LogP contribution in [0.3, 0.4) is 0 Å². The number of benzene rings is 1. The third-order valence-electron chi connectivity index (χ3n) is 4.73. The Hall–Kier alpha value is -1.99. The summed E-state index contributed by atoms with van der Waals surface area (Å²) < 4.78 is 27.7. The van der Waals surface area contributed by atoms with E-state index >= 15 is 0 Å². The van der Waals surface area contributed by atoms with Crippen molar-refractivity contribution in [2.75, 3.05) is 6.54 Å². The van der Waals surface area contributed by atoms with Crippen LogP contribution in [0.4, 0.5) is 0 Å². The van der Waals surface area contributed by atoms with E-state index in [2.05, 4.69) is 4.98 Å². The Morgan fingerprint density at radius 1 is 1.33 bits per heavy atom. The van der Waals surface area contributed by atoms with Gasteiger partial charge in [-0.3, -0.25) is 9.78 Å². The van der Waals surface area contributed by atoms with Crippen molar-refractivity contribution < 1.29 is 18.3 Å². The Morgan fingerprint density at radius 3 is 2.71 bits per heavy atom. The normalized spacial score (nSPS) is 21.2. The number of aryl methyl sites for hydroxylation is 1. The molecule has 1 atom stereocenters. The van der Waals surface area contributed by atoms with Crippen molar-refractivity contribution in [3.05, 3.63) is 36.0 Å². The van der Waals surface area contributed by atoms with Gasteiger partial charge in [-0.25, -0.2) is 8.42 Å². The fourth-order valence-corrected chi connectivity index (χ4v) is 5.54. The lowest BCUT2D eigenvalue weighted by Gasteiger charge is -2.29. The molecule has 24 heavy (non-hydrogen) atoms. The van der Waals surface area contributed by atoms with Crippen molar-refractivity contribution in [3.63, 3.8) is 0 Å². The van der Waals surface area contributed by atoms with E-state index in [1.165, 1.54) is 0 Å². The summed E-state index contributed by atoms with van der Waals surface area (Å²) in [6.07, 6.45) is 2.05. The highest BCUT2D eigenvalue weighted by Gasteiger charge is 2.51. The molecule has 2 heterocycles. The Kier molecular flexibility index (Phi) is 3.88. The molecule has 2 aromatic rings. The maximum absolute atomic E-state index is 13.3. The summed E-state index contributed by atoms with van der Waals surface area (Å²) in [5.41, 5.74) is 0.326. The first kappa shape index (κ1) is 16.9. The number of hydrogen-bond donors (Lipinski definition) is 1. The molecule has 1 unspecified atom stereocenters. The Morgan fingerprint density at radius 2 is 2.04 bits per heavy atom. The molecule has 6 nitrogen and oxygen atoms in total. The predicted molar refractivity (Wildman–Crippen MR) is 90.2 cm³/mol. The molecular weight excluding hydrogens is 328 g/mol. The van der Waals surface area contributed by atoms with Gasteiger partial charge in [0, 0.05) is 18.1 Å². The number of carbonyl (C=O) groups is 1. The van der Waals surface area contributed by atoms with Crippen molar-refractivity contribution in [1.82, 2.24) is 9.29 Å². The summed E-state index contributed by atoms with van der Waals surface area (Å²) >= 11 is 0. The van der Waals surface area contributed by atoms with Crippen LogP contribution in [-0.2, 0) is 14.8 Å². The van der Waals surface area contributed by atoms with Crippen LogP contribution < -0.4 is 0 Å². The lowest BCUT2D eigenvalue weighted by molar-refractivity contribution is -0.143. The Balaban J connectivity index is 2.23. The van der Waals surface area contributed by atoms with Crippen LogP contribution in [0.5, 0.6) is 0 Å². The van der Waals surface area contributed by atoms with Crippen LogP contribution in [0.15, 0.2) is 35.4 Å². The molecule has 1 N–H and O–H groups in total. The first-order valence-electron chi connectivity index (χ1n) is 7.75. The Bertz CT molecular complexity index is 921. The highest BCUT2D eigenvalue weighted by molar-refractivity contribution is 7.89. The zero-order valence-corrected chi connectivity index (χ0v) is 14.7. The number of hydrogen-bond acceptors (Lipinski definition) is 4. The van der Waals surface area contributed by atoms with Crippen LogP contribution >= 0.6 is 0 Å². The first-order valence-corrected chi connectivity index (χ1v) is 9.19. The third-order valence-corrected chi connectivity index (χ3v) is 6.77. The molecule has 0 radical (unpaired) electrons. The fourth-order valence-electron chi connectivity index (χ4n) is 3.43. The van der Waals surface area contributed by atoms with Crippen LogP contribution in [0.2, 0.25) is 0 Å². The second-order valence-corrected chi connectivity index (χ2v) is 8.71. The van der Waals surface area contributed by atoms with Gasteiger partial charge >= 0.3 is 5.97 Å². The van der Waals surface area contributed by atoms with Crippen LogP contribution in [-0.4, -0.2) is 41.4 Å². The van der Waals surface area contributed by atoms with Gasteiger partial charge in [0.05, 0.1) is 5.52 Å². The molecule has 1 aliphatic rings. The van der Waals surface area contributed by atoms with E-state index in [9.17, 15) is 18.3 Å². The summed E-state index contributed by atoms with van der Waals surface area (Å²) in [7, 11) is -3.97. The molecule has 1 aromatic carbocycles. The second kappa shape index (κ2) is 5.53. The van der Waals surface area contributed by atoms with Gasteiger partial charge in [-0.15, -0.1) is 0 Å². The average Bonchev–Trinajstić information content (AvgIpc) is 2.83. The molecule has 1 aliphatic heterocycles. The molecule has 0 spiro atoms. The van der Waals surface area contributed by atoms with Crippen molar-refractivity contribution in [3.8, 4) is 0 Å². The van der Waals surface area contributed by atoms with E-state index in [4.69, 9.17) is 0 Å². The van der Waals surface area contributed by atoms with E-state index in [-0.39, 0.29) is 11.4 Å². The second-order valence-electron chi connectivity index (χ2n) is 6.88. The summed E-state index contributed by atoms with van der Waals surface area (Å²) in [6, 6.07) is 6.00. The van der Waals surface area contributed by atoms with E-state index in [1.807, 2.05) is 6.07 Å². The van der Waals surface area contributed by atoms with Gasteiger partial charge in [0.1, 0.15) is 10.9 Å². The van der Waals surface area contributed by atoms with Gasteiger partial charge in [0.15, 0.2) is 0 Å². The SMILES string of the molecule is Cc1ccc2cccnc2c1S(=O)(=O)N1CCC(C)(C)C1C(=O)O. The number of sulfonamides is 1. The third kappa shape index (κ3) is 2.48. The van der Waals surface area contributed by atoms with Crippen molar-refractivity contribution in [1.29, 1.82) is 0 Å². The lowest BCUT2D eigenvalue weighted by atomic mass is 9.85. The minimum absolute atomic E-state index is 0.101. The van der Waals surface area contributed by atoms with E-state index in [1.54, 1.807) is 45.2 Å². The number of nitrogens with zero attached hydrogens (tertiary/aromatic N) is 2. The highest BCUT2D eigenvalue weighted by atomic mass is 32.2. The van der Waals surface area contributed by atoms with Crippen molar-refractivity contribution >= 4 is 26.9 Å². The maximum Gasteiger partial charge on any atom is 0.322 e. The summed E-state index contributed by atoms with van der Waals surface area (Å²) in [5.74, 6) is -1.12. The molecule has 0 amide bonds. The molecular formula is C17H20N2O4S. The van der Waals surface area contributed by atoms with Gasteiger partial charge in [-0.1, -0.05) is 32.0 Å². The first-order chi connectivity index (χ1) is 11.2. The van der Waals surface area contributed by atoms with Gasteiger partial charge in [0.2, 0.25) is 10.0 Å². The van der Waals surface area contributed by atoms with E-state index in [0.29, 0.717) is 22.9 Å². The largest absolute Gasteiger partial charge is 0.480 e. The molecule has 7 heteroatoms. The average molecular weight is 348 g/mol. The quantitative estimate of drug-likeness (QED) is 0.920. The molecule has 128 valence electrons. The van der Waals surface area contributed by atoms with Crippen molar-refractivity contribution in [2.45, 2.75) is 38.1 Å². The molecule has 0 bridgehead atoms. The molecule has 3 rings (SSSR count). The van der Waals surface area contributed by atoms with Gasteiger partial charge in [-0.05, 0) is 30.4 Å². The number of aromatic nitrogens is 1. The Labute approximate surface area is 141 Å². The van der Waals surface area contributed by atoms with Crippen LogP contribution in [0.25, 0.3) is 10.9 Å². The van der Waals surface area contributed by atoms with Gasteiger partial charge in [0.25, 0.3) is 0 Å². The topological polar surface area (TPSA) is 87.6 Å². The van der Waals surface area contributed by atoms with Crippen LogP contribution in [0, 0.1) is 12.3 Å². The number of carboxylic acids is 1. The smallest absolute Gasteiger partial charge is 0.322 e. The summed E-state index contributed by atoms with van der Waals surface area (Å²) in [6.45, 7) is 5.47.